The fraction of sp³-hybridized carbons (Fsp3) is 0.222. The second kappa shape index (κ2) is 8.23. The van der Waals surface area contributed by atoms with E-state index in [0.717, 1.165) is 12.1 Å². The Balaban J connectivity index is 2.13. The van der Waals surface area contributed by atoms with Crippen LogP contribution in [0.5, 0.6) is 5.75 Å². The Morgan fingerprint density at radius 1 is 1.08 bits per heavy atom. The van der Waals surface area contributed by atoms with Gasteiger partial charge in [0.05, 0.1) is 6.61 Å². The van der Waals surface area contributed by atoms with Crippen LogP contribution in [-0.4, -0.2) is 25.0 Å². The van der Waals surface area contributed by atoms with Gasteiger partial charge in [-0.2, -0.15) is 0 Å². The lowest BCUT2D eigenvalue weighted by Crippen LogP contribution is -2.36. The normalized spacial score (nSPS) is 10.2. The molecule has 0 aliphatic carbocycles. The molecule has 2 aromatic carbocycles. The number of ether oxygens (including phenoxy) is 1. The quantitative estimate of drug-likeness (QED) is 0.871. The maximum absolute atomic E-state index is 13.6. The topological polar surface area (TPSA) is 58.6 Å². The number of nitrogens with zero attached hydrogens (tertiary/aromatic N) is 1. The van der Waals surface area contributed by atoms with Crippen LogP contribution in [0.4, 0.5) is 20.2 Å². The Morgan fingerprint density at radius 3 is 2.20 bits per heavy atom. The second-order valence-corrected chi connectivity index (χ2v) is 5.18. The van der Waals surface area contributed by atoms with Crippen molar-refractivity contribution in [1.29, 1.82) is 0 Å². The van der Waals surface area contributed by atoms with Gasteiger partial charge in [0.2, 0.25) is 11.8 Å². The molecular weight excluding hydrogens is 330 g/mol. The summed E-state index contributed by atoms with van der Waals surface area (Å²) in [7, 11) is 0. The second-order valence-electron chi connectivity index (χ2n) is 5.18. The zero-order valence-electron chi connectivity index (χ0n) is 13.9. The highest BCUT2D eigenvalue weighted by molar-refractivity contribution is 6.01. The lowest BCUT2D eigenvalue weighted by atomic mass is 10.2. The summed E-state index contributed by atoms with van der Waals surface area (Å²) in [5.74, 6) is -2.23. The van der Waals surface area contributed by atoms with Crippen molar-refractivity contribution in [2.75, 3.05) is 23.4 Å². The molecule has 0 aliphatic heterocycles. The van der Waals surface area contributed by atoms with Gasteiger partial charge < -0.3 is 15.0 Å². The van der Waals surface area contributed by atoms with Crippen molar-refractivity contribution in [2.45, 2.75) is 13.8 Å². The van der Waals surface area contributed by atoms with Crippen molar-refractivity contribution in [2.24, 2.45) is 0 Å². The maximum atomic E-state index is 13.6. The zero-order valence-corrected chi connectivity index (χ0v) is 13.9. The number of para-hydroxylation sites is 1. The molecule has 7 heteroatoms. The van der Waals surface area contributed by atoms with Crippen molar-refractivity contribution in [3.8, 4) is 5.75 Å². The van der Waals surface area contributed by atoms with Crippen LogP contribution < -0.4 is 15.0 Å². The molecule has 2 amide bonds. The molecule has 132 valence electrons. The van der Waals surface area contributed by atoms with Crippen LogP contribution in [-0.2, 0) is 9.59 Å². The molecule has 0 saturated carbocycles. The molecule has 0 atom stereocenters. The van der Waals surface area contributed by atoms with E-state index in [9.17, 15) is 18.4 Å². The van der Waals surface area contributed by atoms with Gasteiger partial charge in [-0.05, 0) is 43.3 Å². The van der Waals surface area contributed by atoms with Gasteiger partial charge in [0.25, 0.3) is 0 Å². The number of hydrogen-bond acceptors (Lipinski definition) is 3. The molecule has 0 heterocycles. The van der Waals surface area contributed by atoms with Crippen LogP contribution in [0.15, 0.2) is 42.5 Å². The molecule has 0 spiro atoms. The van der Waals surface area contributed by atoms with Gasteiger partial charge >= 0.3 is 0 Å². The van der Waals surface area contributed by atoms with E-state index in [2.05, 4.69) is 5.32 Å². The predicted octanol–water partition coefficient (Wildman–Crippen LogP) is 3.36. The van der Waals surface area contributed by atoms with Gasteiger partial charge in [-0.3, -0.25) is 9.59 Å². The minimum absolute atomic E-state index is 0.378. The standard InChI is InChI=1S/C18H18F2N2O3/c1-3-25-14-9-7-13(8-10-14)22(12(2)23)11-17(24)21-18-15(19)5-4-6-16(18)20/h4-10H,3,11H2,1-2H3,(H,21,24). The molecule has 25 heavy (non-hydrogen) atoms. The Kier molecular flexibility index (Phi) is 6.05. The molecule has 2 rings (SSSR count). The minimum atomic E-state index is -0.885. The number of carbonyl (C=O) groups is 2. The molecule has 0 saturated heterocycles. The molecule has 0 aliphatic rings. The van der Waals surface area contributed by atoms with Gasteiger partial charge in [-0.25, -0.2) is 8.78 Å². The van der Waals surface area contributed by atoms with Crippen molar-refractivity contribution < 1.29 is 23.1 Å². The average molecular weight is 348 g/mol. The minimum Gasteiger partial charge on any atom is -0.494 e. The number of anilines is 2. The highest BCUT2D eigenvalue weighted by atomic mass is 19.1. The Bertz CT molecular complexity index is 743. The van der Waals surface area contributed by atoms with E-state index < -0.39 is 23.2 Å². The van der Waals surface area contributed by atoms with Gasteiger partial charge in [-0.1, -0.05) is 6.07 Å². The van der Waals surface area contributed by atoms with E-state index >= 15 is 0 Å². The molecule has 1 N–H and O–H groups in total. The summed E-state index contributed by atoms with van der Waals surface area (Å²) < 4.78 is 32.5. The maximum Gasteiger partial charge on any atom is 0.244 e. The first-order chi connectivity index (χ1) is 11.9. The van der Waals surface area contributed by atoms with E-state index in [1.807, 2.05) is 6.92 Å². The van der Waals surface area contributed by atoms with Gasteiger partial charge in [-0.15, -0.1) is 0 Å². The third-order valence-electron chi connectivity index (χ3n) is 3.37. The fourth-order valence-corrected chi connectivity index (χ4v) is 2.21. The third kappa shape index (κ3) is 4.76. The van der Waals surface area contributed by atoms with Crippen molar-refractivity contribution in [3.63, 3.8) is 0 Å². The molecule has 0 fully saturated rings. The molecule has 0 unspecified atom stereocenters. The van der Waals surface area contributed by atoms with Crippen LogP contribution in [0.1, 0.15) is 13.8 Å². The highest BCUT2D eigenvalue weighted by Crippen LogP contribution is 2.21. The average Bonchev–Trinajstić information content (AvgIpc) is 2.57. The van der Waals surface area contributed by atoms with Crippen molar-refractivity contribution in [1.82, 2.24) is 0 Å². The summed E-state index contributed by atoms with van der Waals surface area (Å²) in [6.07, 6.45) is 0. The SMILES string of the molecule is CCOc1ccc(N(CC(=O)Nc2c(F)cccc2F)C(C)=O)cc1. The summed E-state index contributed by atoms with van der Waals surface area (Å²) in [5, 5.41) is 2.16. The molecule has 0 aromatic heterocycles. The largest absolute Gasteiger partial charge is 0.494 e. The third-order valence-corrected chi connectivity index (χ3v) is 3.37. The zero-order chi connectivity index (χ0) is 18.4. The number of carbonyl (C=O) groups excluding carboxylic acids is 2. The van der Waals surface area contributed by atoms with Crippen molar-refractivity contribution >= 4 is 23.2 Å². The van der Waals surface area contributed by atoms with E-state index in [1.165, 1.54) is 17.9 Å². The summed E-state index contributed by atoms with van der Waals surface area (Å²) in [6.45, 7) is 3.28. The molecular formula is C18H18F2N2O3. The molecule has 0 bridgehead atoms. The monoisotopic (exact) mass is 348 g/mol. The van der Waals surface area contributed by atoms with E-state index in [1.54, 1.807) is 24.3 Å². The Labute approximate surface area is 144 Å². The first-order valence-corrected chi connectivity index (χ1v) is 7.67. The smallest absolute Gasteiger partial charge is 0.244 e. The summed E-state index contributed by atoms with van der Waals surface area (Å²) in [4.78, 5) is 25.2. The first-order valence-electron chi connectivity index (χ1n) is 7.67. The van der Waals surface area contributed by atoms with Crippen LogP contribution >= 0.6 is 0 Å². The summed E-state index contributed by atoms with van der Waals surface area (Å²) >= 11 is 0. The van der Waals surface area contributed by atoms with Gasteiger partial charge in [0, 0.05) is 12.6 Å². The molecule has 5 nitrogen and oxygen atoms in total. The number of amides is 2. The lowest BCUT2D eigenvalue weighted by molar-refractivity contribution is -0.120. The van der Waals surface area contributed by atoms with Crippen molar-refractivity contribution in [3.05, 3.63) is 54.1 Å². The number of benzene rings is 2. The van der Waals surface area contributed by atoms with E-state index in [4.69, 9.17) is 4.74 Å². The Morgan fingerprint density at radius 2 is 1.68 bits per heavy atom. The molecule has 0 radical (unpaired) electrons. The van der Waals surface area contributed by atoms with Crippen LogP contribution in [0.3, 0.4) is 0 Å². The number of nitrogens with one attached hydrogen (secondary N) is 1. The number of hydrogen-bond donors (Lipinski definition) is 1. The number of halogens is 2. The lowest BCUT2D eigenvalue weighted by Gasteiger charge is -2.21. The summed E-state index contributed by atoms with van der Waals surface area (Å²) in [6, 6.07) is 9.86. The highest BCUT2D eigenvalue weighted by Gasteiger charge is 2.18. The summed E-state index contributed by atoms with van der Waals surface area (Å²) in [5.41, 5.74) is -0.0668. The van der Waals surface area contributed by atoms with Gasteiger partial charge in [0.15, 0.2) is 0 Å². The van der Waals surface area contributed by atoms with Crippen LogP contribution in [0.25, 0.3) is 0 Å². The first kappa shape index (κ1) is 18.4. The fourth-order valence-electron chi connectivity index (χ4n) is 2.21. The van der Waals surface area contributed by atoms with Crippen LogP contribution in [0.2, 0.25) is 0 Å². The predicted molar refractivity (Wildman–Crippen MR) is 90.6 cm³/mol. The van der Waals surface area contributed by atoms with E-state index in [0.29, 0.717) is 18.0 Å². The Hall–Kier alpha value is -2.96. The molecule has 2 aromatic rings. The van der Waals surface area contributed by atoms with E-state index in [-0.39, 0.29) is 12.5 Å². The van der Waals surface area contributed by atoms with Crippen LogP contribution in [0, 0.1) is 11.6 Å². The number of rotatable bonds is 6. The van der Waals surface area contributed by atoms with Gasteiger partial charge in [0.1, 0.15) is 29.6 Å².